The first-order chi connectivity index (χ1) is 10.7. The number of anilines is 1. The normalized spacial score (nSPS) is 19.1. The predicted octanol–water partition coefficient (Wildman–Crippen LogP) is 1.40. The van der Waals surface area contributed by atoms with E-state index in [9.17, 15) is 0 Å². The monoisotopic (exact) mass is 296 g/mol. The number of nitriles is 1. The van der Waals surface area contributed by atoms with E-state index in [1.54, 1.807) is 6.20 Å². The van der Waals surface area contributed by atoms with E-state index >= 15 is 0 Å². The summed E-state index contributed by atoms with van der Waals surface area (Å²) in [6, 6.07) is 6.29. The number of nitrogens with zero attached hydrogens (tertiary/aromatic N) is 6. The van der Waals surface area contributed by atoms with Crippen LogP contribution in [0.1, 0.15) is 18.3 Å². The van der Waals surface area contributed by atoms with Crippen molar-refractivity contribution in [2.24, 2.45) is 7.05 Å². The number of rotatable bonds is 3. The van der Waals surface area contributed by atoms with E-state index in [1.165, 1.54) is 0 Å². The maximum atomic E-state index is 8.84. The summed E-state index contributed by atoms with van der Waals surface area (Å²) in [7, 11) is 2.03. The van der Waals surface area contributed by atoms with E-state index < -0.39 is 0 Å². The Kier molecular flexibility index (Phi) is 4.07. The lowest BCUT2D eigenvalue weighted by Gasteiger charge is -2.40. The van der Waals surface area contributed by atoms with Gasteiger partial charge in [0.05, 0.1) is 12.1 Å². The summed E-state index contributed by atoms with van der Waals surface area (Å²) in [6.45, 7) is 5.96. The van der Waals surface area contributed by atoms with Crippen molar-refractivity contribution in [3.63, 3.8) is 0 Å². The molecule has 0 bridgehead atoms. The third kappa shape index (κ3) is 2.95. The molecule has 0 aliphatic carbocycles. The molecule has 0 spiro atoms. The fourth-order valence-electron chi connectivity index (χ4n) is 2.81. The van der Waals surface area contributed by atoms with E-state index in [4.69, 9.17) is 5.26 Å². The van der Waals surface area contributed by atoms with Gasteiger partial charge < -0.3 is 9.47 Å². The molecule has 0 radical (unpaired) electrons. The largest absolute Gasteiger partial charge is 0.354 e. The first kappa shape index (κ1) is 14.5. The molecule has 3 rings (SSSR count). The summed E-state index contributed by atoms with van der Waals surface area (Å²) in [5.74, 6) is 2.04. The van der Waals surface area contributed by atoms with Crippen LogP contribution in [0, 0.1) is 11.3 Å². The average molecular weight is 296 g/mol. The number of aromatic nitrogens is 3. The number of imidazole rings is 1. The van der Waals surface area contributed by atoms with E-state index in [1.807, 2.05) is 31.6 Å². The molecule has 0 N–H and O–H groups in total. The molecule has 6 heteroatoms. The fraction of sp³-hybridized carbons (Fsp3) is 0.438. The standard InChI is InChI=1S/C16H20N6/c1-13-11-22(15-4-3-14(9-17)10-19-15)8-7-21(13)12-16-18-5-6-20(16)2/h3-6,10,13H,7-8,11-12H2,1-2H3. The fourth-order valence-corrected chi connectivity index (χ4v) is 2.81. The smallest absolute Gasteiger partial charge is 0.128 e. The molecular formula is C16H20N6. The van der Waals surface area contributed by atoms with Gasteiger partial charge in [-0.25, -0.2) is 9.97 Å². The van der Waals surface area contributed by atoms with Crippen molar-refractivity contribution in [1.29, 1.82) is 5.26 Å². The van der Waals surface area contributed by atoms with Crippen LogP contribution in [0.25, 0.3) is 0 Å². The lowest BCUT2D eigenvalue weighted by atomic mass is 10.2. The van der Waals surface area contributed by atoms with E-state index in [0.29, 0.717) is 11.6 Å². The molecule has 1 atom stereocenters. The highest BCUT2D eigenvalue weighted by Gasteiger charge is 2.25. The van der Waals surface area contributed by atoms with Crippen molar-refractivity contribution in [3.05, 3.63) is 42.1 Å². The quantitative estimate of drug-likeness (QED) is 0.857. The molecule has 6 nitrogen and oxygen atoms in total. The first-order valence-electron chi connectivity index (χ1n) is 7.48. The SMILES string of the molecule is CC1CN(c2ccc(C#N)cn2)CCN1Cc1nccn1C. The summed E-state index contributed by atoms with van der Waals surface area (Å²) in [5.41, 5.74) is 0.602. The Balaban J connectivity index is 1.64. The molecule has 1 aliphatic heterocycles. The Hall–Kier alpha value is -2.39. The number of piperazine rings is 1. The molecule has 1 unspecified atom stereocenters. The minimum atomic E-state index is 0.433. The lowest BCUT2D eigenvalue weighted by Crippen LogP contribution is -2.51. The van der Waals surface area contributed by atoms with E-state index in [-0.39, 0.29) is 0 Å². The van der Waals surface area contributed by atoms with Crippen LogP contribution in [-0.4, -0.2) is 45.1 Å². The first-order valence-corrected chi connectivity index (χ1v) is 7.48. The number of aryl methyl sites for hydroxylation is 1. The van der Waals surface area contributed by atoms with Gasteiger partial charge in [-0.15, -0.1) is 0 Å². The average Bonchev–Trinajstić information content (AvgIpc) is 2.94. The van der Waals surface area contributed by atoms with Crippen LogP contribution < -0.4 is 4.90 Å². The summed E-state index contributed by atoms with van der Waals surface area (Å²) in [6.07, 6.45) is 5.47. The summed E-state index contributed by atoms with van der Waals surface area (Å²) in [5, 5.41) is 8.84. The Morgan fingerprint density at radius 1 is 1.32 bits per heavy atom. The number of hydrogen-bond acceptors (Lipinski definition) is 5. The van der Waals surface area contributed by atoms with Gasteiger partial charge in [0.15, 0.2) is 0 Å². The molecule has 0 saturated carbocycles. The maximum Gasteiger partial charge on any atom is 0.128 e. The zero-order valence-electron chi connectivity index (χ0n) is 13.0. The van der Waals surface area contributed by atoms with Gasteiger partial charge >= 0.3 is 0 Å². The highest BCUT2D eigenvalue weighted by molar-refractivity contribution is 5.42. The van der Waals surface area contributed by atoms with Crippen LogP contribution in [0.5, 0.6) is 0 Å². The molecule has 3 heterocycles. The van der Waals surface area contributed by atoms with Crippen LogP contribution >= 0.6 is 0 Å². The summed E-state index contributed by atoms with van der Waals surface area (Å²) in [4.78, 5) is 13.5. The van der Waals surface area contributed by atoms with Gasteiger partial charge in [-0.3, -0.25) is 4.90 Å². The van der Waals surface area contributed by atoms with Gasteiger partial charge in [0.2, 0.25) is 0 Å². The van der Waals surface area contributed by atoms with Crippen molar-refractivity contribution < 1.29 is 0 Å². The molecule has 2 aromatic heterocycles. The van der Waals surface area contributed by atoms with Crippen LogP contribution in [0.3, 0.4) is 0 Å². The van der Waals surface area contributed by atoms with Gasteiger partial charge in [-0.05, 0) is 19.1 Å². The number of pyridine rings is 1. The van der Waals surface area contributed by atoms with Crippen molar-refractivity contribution in [2.75, 3.05) is 24.5 Å². The zero-order chi connectivity index (χ0) is 15.5. The molecule has 114 valence electrons. The van der Waals surface area contributed by atoms with Gasteiger partial charge in [-0.1, -0.05) is 0 Å². The molecular weight excluding hydrogens is 276 g/mol. The molecule has 0 aromatic carbocycles. The molecule has 22 heavy (non-hydrogen) atoms. The van der Waals surface area contributed by atoms with Gasteiger partial charge in [0.25, 0.3) is 0 Å². The Morgan fingerprint density at radius 3 is 2.77 bits per heavy atom. The Morgan fingerprint density at radius 2 is 2.18 bits per heavy atom. The number of hydrogen-bond donors (Lipinski definition) is 0. The van der Waals surface area contributed by atoms with Crippen molar-refractivity contribution >= 4 is 5.82 Å². The minimum Gasteiger partial charge on any atom is -0.354 e. The third-order valence-electron chi connectivity index (χ3n) is 4.23. The van der Waals surface area contributed by atoms with E-state index in [0.717, 1.165) is 37.8 Å². The Bertz CT molecular complexity index is 669. The lowest BCUT2D eigenvalue weighted by molar-refractivity contribution is 0.174. The zero-order valence-corrected chi connectivity index (χ0v) is 13.0. The minimum absolute atomic E-state index is 0.433. The summed E-state index contributed by atoms with van der Waals surface area (Å²) >= 11 is 0. The second-order valence-corrected chi connectivity index (χ2v) is 5.74. The predicted molar refractivity (Wildman–Crippen MR) is 84.2 cm³/mol. The highest BCUT2D eigenvalue weighted by Crippen LogP contribution is 2.18. The Labute approximate surface area is 130 Å². The second-order valence-electron chi connectivity index (χ2n) is 5.74. The topological polar surface area (TPSA) is 61.0 Å². The van der Waals surface area contributed by atoms with E-state index in [2.05, 4.69) is 37.3 Å². The van der Waals surface area contributed by atoms with Crippen LogP contribution in [0.4, 0.5) is 5.82 Å². The molecule has 0 amide bonds. The molecule has 1 saturated heterocycles. The molecule has 2 aromatic rings. The molecule has 1 aliphatic rings. The van der Waals surface area contributed by atoms with Gasteiger partial charge in [0.1, 0.15) is 17.7 Å². The van der Waals surface area contributed by atoms with Gasteiger partial charge in [-0.2, -0.15) is 5.26 Å². The second kappa shape index (κ2) is 6.16. The molecule has 1 fully saturated rings. The highest BCUT2D eigenvalue weighted by atomic mass is 15.3. The maximum absolute atomic E-state index is 8.84. The third-order valence-corrected chi connectivity index (χ3v) is 4.23. The van der Waals surface area contributed by atoms with Crippen molar-refractivity contribution in [1.82, 2.24) is 19.4 Å². The summed E-state index contributed by atoms with van der Waals surface area (Å²) < 4.78 is 2.07. The van der Waals surface area contributed by atoms with Crippen molar-refractivity contribution in [3.8, 4) is 6.07 Å². The van der Waals surface area contributed by atoms with Crippen LogP contribution in [0.2, 0.25) is 0 Å². The van der Waals surface area contributed by atoms with Crippen LogP contribution in [-0.2, 0) is 13.6 Å². The van der Waals surface area contributed by atoms with Crippen LogP contribution in [0.15, 0.2) is 30.7 Å². The van der Waals surface area contributed by atoms with Crippen molar-refractivity contribution in [2.45, 2.75) is 19.5 Å². The van der Waals surface area contributed by atoms with Gasteiger partial charge in [0, 0.05) is 51.3 Å².